The Morgan fingerprint density at radius 2 is 1.97 bits per heavy atom. The second-order valence-electron chi connectivity index (χ2n) is 7.43. The minimum absolute atomic E-state index is 0.112. The average molecular weight is 490 g/mol. The SMILES string of the molecule is CCCNC(=O)Cc1csc2nc(C)c(-c3cc(C)n(-c4ccc(Cl)c(Cl)c4)n3)c(=O)n12. The number of aryl methyl sites for hydroxylation is 2. The molecule has 0 aliphatic heterocycles. The van der Waals surface area contributed by atoms with Crippen molar-refractivity contribution in [3.05, 3.63) is 67.1 Å². The molecule has 0 radical (unpaired) electrons. The van der Waals surface area contributed by atoms with Crippen LogP contribution in [0.25, 0.3) is 21.9 Å². The lowest BCUT2D eigenvalue weighted by Crippen LogP contribution is -2.28. The van der Waals surface area contributed by atoms with Gasteiger partial charge in [0.25, 0.3) is 5.56 Å². The van der Waals surface area contributed by atoms with Crippen molar-refractivity contribution in [3.63, 3.8) is 0 Å². The van der Waals surface area contributed by atoms with Crippen LogP contribution in [0, 0.1) is 13.8 Å². The van der Waals surface area contributed by atoms with Gasteiger partial charge in [-0.3, -0.25) is 14.0 Å². The van der Waals surface area contributed by atoms with Crippen molar-refractivity contribution in [3.8, 4) is 16.9 Å². The van der Waals surface area contributed by atoms with Crippen LogP contribution < -0.4 is 10.9 Å². The van der Waals surface area contributed by atoms with Gasteiger partial charge in [-0.05, 0) is 44.5 Å². The number of nitrogens with zero attached hydrogens (tertiary/aromatic N) is 4. The van der Waals surface area contributed by atoms with Crippen LogP contribution in [0.3, 0.4) is 0 Å². The highest BCUT2D eigenvalue weighted by atomic mass is 35.5. The number of nitrogens with one attached hydrogen (secondary N) is 1. The Labute approximate surface area is 198 Å². The van der Waals surface area contributed by atoms with Gasteiger partial charge in [0.05, 0.1) is 33.4 Å². The zero-order valence-corrected chi connectivity index (χ0v) is 20.1. The van der Waals surface area contributed by atoms with Crippen LogP contribution in [-0.2, 0) is 11.2 Å². The molecule has 3 heterocycles. The minimum atomic E-state index is -0.245. The summed E-state index contributed by atoms with van der Waals surface area (Å²) in [4.78, 5) is 30.9. The first-order valence-electron chi connectivity index (χ1n) is 10.1. The first-order chi connectivity index (χ1) is 15.3. The maximum absolute atomic E-state index is 13.5. The molecule has 0 aliphatic rings. The van der Waals surface area contributed by atoms with Crippen LogP contribution in [0.5, 0.6) is 0 Å². The summed E-state index contributed by atoms with van der Waals surface area (Å²) in [6.07, 6.45) is 0.961. The van der Waals surface area contributed by atoms with Gasteiger partial charge >= 0.3 is 0 Å². The zero-order valence-electron chi connectivity index (χ0n) is 17.8. The van der Waals surface area contributed by atoms with E-state index in [4.69, 9.17) is 23.2 Å². The van der Waals surface area contributed by atoms with Gasteiger partial charge < -0.3 is 5.32 Å². The number of rotatable bonds is 6. The molecule has 166 valence electrons. The van der Waals surface area contributed by atoms with Gasteiger partial charge in [0.2, 0.25) is 5.91 Å². The standard InChI is InChI=1S/C22H21Cl2N5O2S/c1-4-7-25-19(30)10-15-11-32-22-26-13(3)20(21(31)28(15)22)18-8-12(2)29(27-18)14-5-6-16(23)17(24)9-14/h5-6,8-9,11H,4,7,10H2,1-3H3,(H,25,30). The Morgan fingerprint density at radius 3 is 2.69 bits per heavy atom. The number of amides is 1. The number of hydrogen-bond donors (Lipinski definition) is 1. The molecule has 4 rings (SSSR count). The largest absolute Gasteiger partial charge is 0.356 e. The molecule has 0 aliphatic carbocycles. The molecule has 3 aromatic heterocycles. The minimum Gasteiger partial charge on any atom is -0.356 e. The lowest BCUT2D eigenvalue weighted by atomic mass is 10.1. The lowest BCUT2D eigenvalue weighted by molar-refractivity contribution is -0.120. The van der Waals surface area contributed by atoms with Crippen LogP contribution in [0.15, 0.2) is 34.4 Å². The number of carbonyl (C=O) groups excluding carboxylic acids is 1. The molecule has 0 fully saturated rings. The van der Waals surface area contributed by atoms with Crippen LogP contribution >= 0.6 is 34.5 Å². The summed E-state index contributed by atoms with van der Waals surface area (Å²) in [6.45, 7) is 6.27. The highest BCUT2D eigenvalue weighted by Gasteiger charge is 2.20. The van der Waals surface area contributed by atoms with E-state index in [9.17, 15) is 9.59 Å². The maximum atomic E-state index is 13.5. The van der Waals surface area contributed by atoms with Crippen molar-refractivity contribution < 1.29 is 4.79 Å². The summed E-state index contributed by atoms with van der Waals surface area (Å²) in [5, 5.41) is 10.2. The van der Waals surface area contributed by atoms with Crippen molar-refractivity contribution in [1.29, 1.82) is 0 Å². The van der Waals surface area contributed by atoms with Gasteiger partial charge in [-0.25, -0.2) is 9.67 Å². The highest BCUT2D eigenvalue weighted by molar-refractivity contribution is 7.15. The van der Waals surface area contributed by atoms with E-state index in [1.807, 2.05) is 26.0 Å². The van der Waals surface area contributed by atoms with Gasteiger partial charge in [-0.15, -0.1) is 11.3 Å². The predicted octanol–water partition coefficient (Wildman–Crippen LogP) is 4.60. The van der Waals surface area contributed by atoms with E-state index in [2.05, 4.69) is 15.4 Å². The van der Waals surface area contributed by atoms with E-state index in [-0.39, 0.29) is 17.9 Å². The zero-order chi connectivity index (χ0) is 23.0. The fraction of sp³-hybridized carbons (Fsp3) is 0.273. The number of hydrogen-bond acceptors (Lipinski definition) is 5. The molecule has 0 saturated heterocycles. The number of fused-ring (bicyclic) bond motifs is 1. The van der Waals surface area contributed by atoms with Crippen molar-refractivity contribution in [2.24, 2.45) is 0 Å². The molecule has 0 spiro atoms. The van der Waals surface area contributed by atoms with Crippen molar-refractivity contribution in [2.75, 3.05) is 6.54 Å². The molecule has 1 N–H and O–H groups in total. The van der Waals surface area contributed by atoms with Gasteiger partial charge in [0.15, 0.2) is 4.96 Å². The van der Waals surface area contributed by atoms with Crippen LogP contribution in [0.1, 0.15) is 30.4 Å². The average Bonchev–Trinajstić information content (AvgIpc) is 3.32. The van der Waals surface area contributed by atoms with E-state index >= 15 is 0 Å². The molecule has 1 aromatic carbocycles. The molecule has 0 saturated carbocycles. The number of thiazole rings is 1. The molecule has 10 heteroatoms. The molecule has 4 aromatic rings. The van der Waals surface area contributed by atoms with Gasteiger partial charge in [0, 0.05) is 23.3 Å². The predicted molar refractivity (Wildman–Crippen MR) is 128 cm³/mol. The van der Waals surface area contributed by atoms with Crippen molar-refractivity contribution in [2.45, 2.75) is 33.6 Å². The van der Waals surface area contributed by atoms with Gasteiger partial charge in [-0.1, -0.05) is 30.1 Å². The monoisotopic (exact) mass is 489 g/mol. The second-order valence-corrected chi connectivity index (χ2v) is 9.08. The van der Waals surface area contributed by atoms with Crippen molar-refractivity contribution in [1.82, 2.24) is 24.5 Å². The van der Waals surface area contributed by atoms with E-state index < -0.39 is 0 Å². The number of halogens is 2. The molecule has 1 amide bonds. The first-order valence-corrected chi connectivity index (χ1v) is 11.7. The van der Waals surface area contributed by atoms with Gasteiger partial charge in [-0.2, -0.15) is 5.10 Å². The molecule has 0 unspecified atom stereocenters. The third-order valence-corrected chi connectivity index (χ3v) is 6.64. The maximum Gasteiger partial charge on any atom is 0.268 e. The quantitative estimate of drug-likeness (QED) is 0.428. The highest BCUT2D eigenvalue weighted by Crippen LogP contribution is 2.27. The van der Waals surface area contributed by atoms with Crippen LogP contribution in [0.4, 0.5) is 0 Å². The molecule has 32 heavy (non-hydrogen) atoms. The molecular weight excluding hydrogens is 469 g/mol. The first kappa shape index (κ1) is 22.5. The Morgan fingerprint density at radius 1 is 1.19 bits per heavy atom. The van der Waals surface area contributed by atoms with E-state index in [0.29, 0.717) is 44.2 Å². The number of benzene rings is 1. The number of carbonyl (C=O) groups is 1. The van der Waals surface area contributed by atoms with Gasteiger partial charge in [0.1, 0.15) is 5.69 Å². The second kappa shape index (κ2) is 9.05. The van der Waals surface area contributed by atoms with Crippen LogP contribution in [0.2, 0.25) is 10.0 Å². The Bertz CT molecular complexity index is 1390. The van der Waals surface area contributed by atoms with E-state index in [0.717, 1.165) is 17.8 Å². The Hall–Kier alpha value is -2.68. The molecular formula is C22H21Cl2N5O2S. The molecule has 0 atom stereocenters. The van der Waals surface area contributed by atoms with E-state index in [1.54, 1.807) is 29.1 Å². The fourth-order valence-corrected chi connectivity index (χ4v) is 4.71. The molecule has 7 nitrogen and oxygen atoms in total. The lowest BCUT2D eigenvalue weighted by Gasteiger charge is -2.07. The number of aromatic nitrogens is 4. The smallest absolute Gasteiger partial charge is 0.268 e. The summed E-state index contributed by atoms with van der Waals surface area (Å²) in [7, 11) is 0. The molecule has 0 bridgehead atoms. The third-order valence-electron chi connectivity index (χ3n) is 5.03. The topological polar surface area (TPSA) is 81.3 Å². The summed E-state index contributed by atoms with van der Waals surface area (Å²) in [5.74, 6) is -0.125. The summed E-state index contributed by atoms with van der Waals surface area (Å²) < 4.78 is 3.21. The van der Waals surface area contributed by atoms with E-state index in [1.165, 1.54) is 15.7 Å². The third kappa shape index (κ3) is 4.18. The fourth-order valence-electron chi connectivity index (χ4n) is 3.49. The summed E-state index contributed by atoms with van der Waals surface area (Å²) in [6, 6.07) is 7.07. The normalized spacial score (nSPS) is 11.3. The summed E-state index contributed by atoms with van der Waals surface area (Å²) >= 11 is 13.5. The Kier molecular flexibility index (Phi) is 6.37. The van der Waals surface area contributed by atoms with Crippen molar-refractivity contribution >= 4 is 45.4 Å². The van der Waals surface area contributed by atoms with Crippen LogP contribution in [-0.4, -0.2) is 31.6 Å². The summed E-state index contributed by atoms with van der Waals surface area (Å²) in [5.41, 5.74) is 3.41. The Balaban J connectivity index is 1.79.